The Morgan fingerprint density at radius 3 is 1.05 bits per heavy atom. The third-order valence-corrected chi connectivity index (χ3v) is 5.93. The summed E-state index contributed by atoms with van der Waals surface area (Å²) < 4.78 is 0. The Morgan fingerprint density at radius 1 is 0.316 bits per heavy atom. The third-order valence-electron chi connectivity index (χ3n) is 5.93. The van der Waals surface area contributed by atoms with Crippen molar-refractivity contribution < 1.29 is 0 Å². The average molecular weight is 495 g/mol. The zero-order chi connectivity index (χ0) is 26.2. The molecule has 0 aliphatic rings. The Labute approximate surface area is 221 Å². The predicted molar refractivity (Wildman–Crippen MR) is 158 cm³/mol. The van der Waals surface area contributed by atoms with E-state index in [2.05, 4.69) is 20.5 Å². The van der Waals surface area contributed by atoms with Gasteiger partial charge in [0.05, 0.1) is 22.7 Å². The van der Waals surface area contributed by atoms with Crippen molar-refractivity contribution in [3.05, 3.63) is 133 Å². The van der Waals surface area contributed by atoms with Crippen LogP contribution in [0, 0.1) is 0 Å². The maximum absolute atomic E-state index is 5.96. The van der Waals surface area contributed by atoms with E-state index in [9.17, 15) is 0 Å². The number of nitrogens with two attached hydrogens (primary N) is 2. The van der Waals surface area contributed by atoms with Crippen molar-refractivity contribution in [2.75, 3.05) is 11.5 Å². The van der Waals surface area contributed by atoms with Crippen molar-refractivity contribution in [3.63, 3.8) is 0 Å². The summed E-state index contributed by atoms with van der Waals surface area (Å²) in [6, 6.07) is 42.7. The highest BCUT2D eigenvalue weighted by Gasteiger charge is 2.03. The highest BCUT2D eigenvalue weighted by molar-refractivity contribution is 6.00. The quantitative estimate of drug-likeness (QED) is 0.188. The van der Waals surface area contributed by atoms with Gasteiger partial charge in [-0.1, -0.05) is 84.9 Å². The van der Waals surface area contributed by atoms with Crippen molar-refractivity contribution in [1.82, 2.24) is 0 Å². The minimum absolute atomic E-state index is 0.759. The van der Waals surface area contributed by atoms with Crippen LogP contribution in [0.5, 0.6) is 0 Å². The number of benzene rings is 6. The zero-order valence-electron chi connectivity index (χ0n) is 20.6. The molecule has 0 atom stereocenters. The van der Waals surface area contributed by atoms with Crippen molar-refractivity contribution in [1.29, 1.82) is 0 Å². The highest BCUT2D eigenvalue weighted by Crippen LogP contribution is 2.32. The molecule has 184 valence electrons. The number of fused-ring (bicyclic) bond motifs is 2. The fraction of sp³-hybridized carbons (Fsp3) is 0. The predicted octanol–water partition coefficient (Wildman–Crippen LogP) is 9.67. The lowest BCUT2D eigenvalue weighted by molar-refractivity contribution is 1.24. The summed E-state index contributed by atoms with van der Waals surface area (Å²) in [6.45, 7) is 0. The maximum atomic E-state index is 5.96. The van der Waals surface area contributed by atoms with Gasteiger partial charge in [0.15, 0.2) is 0 Å². The van der Waals surface area contributed by atoms with E-state index in [1.165, 1.54) is 0 Å². The summed E-state index contributed by atoms with van der Waals surface area (Å²) in [5.74, 6) is 0. The van der Waals surface area contributed by atoms with Crippen LogP contribution in [0.15, 0.2) is 154 Å². The molecule has 0 aromatic heterocycles. The van der Waals surface area contributed by atoms with E-state index in [0.717, 1.165) is 55.7 Å². The van der Waals surface area contributed by atoms with E-state index < -0.39 is 0 Å². The van der Waals surface area contributed by atoms with Crippen molar-refractivity contribution >= 4 is 55.7 Å². The molecule has 0 unspecified atom stereocenters. The second-order valence-electron chi connectivity index (χ2n) is 8.51. The van der Waals surface area contributed by atoms with E-state index >= 15 is 0 Å². The van der Waals surface area contributed by atoms with Gasteiger partial charge >= 0.3 is 0 Å². The smallest absolute Gasteiger partial charge is 0.0936 e. The first-order valence-corrected chi connectivity index (χ1v) is 12.2. The lowest BCUT2D eigenvalue weighted by Crippen LogP contribution is -1.86. The molecular weight excluding hydrogens is 468 g/mol. The standard InChI is InChI=1S/2C16H13N3/c2*17-15-10-11-16(14-9-5-4-8-13(14)15)19-18-12-6-2-1-3-7-12/h2*1-11H,17H2. The van der Waals surface area contributed by atoms with Crippen LogP contribution in [-0.2, 0) is 0 Å². The molecule has 6 aromatic rings. The summed E-state index contributed by atoms with van der Waals surface area (Å²) in [6.07, 6.45) is 0. The number of hydrogen-bond acceptors (Lipinski definition) is 6. The van der Waals surface area contributed by atoms with Crippen LogP contribution in [0.4, 0.5) is 34.1 Å². The molecule has 0 aliphatic carbocycles. The lowest BCUT2D eigenvalue weighted by atomic mass is 10.1. The van der Waals surface area contributed by atoms with Crippen LogP contribution in [0.2, 0.25) is 0 Å². The Balaban J connectivity index is 0.000000155. The van der Waals surface area contributed by atoms with Gasteiger partial charge in [-0.15, -0.1) is 10.2 Å². The van der Waals surface area contributed by atoms with Crippen LogP contribution in [0.25, 0.3) is 21.5 Å². The zero-order valence-corrected chi connectivity index (χ0v) is 20.6. The molecule has 4 N–H and O–H groups in total. The molecule has 0 fully saturated rings. The van der Waals surface area contributed by atoms with Crippen molar-refractivity contribution in [2.45, 2.75) is 0 Å². The monoisotopic (exact) mass is 494 g/mol. The molecule has 6 aromatic carbocycles. The van der Waals surface area contributed by atoms with Gasteiger partial charge in [0, 0.05) is 32.9 Å². The number of anilines is 2. The number of hydrogen-bond donors (Lipinski definition) is 2. The second-order valence-corrected chi connectivity index (χ2v) is 8.51. The highest BCUT2D eigenvalue weighted by atomic mass is 15.1. The van der Waals surface area contributed by atoms with Crippen LogP contribution in [-0.4, -0.2) is 0 Å². The Bertz CT molecular complexity index is 1600. The fourth-order valence-electron chi connectivity index (χ4n) is 4.00. The summed E-state index contributed by atoms with van der Waals surface area (Å²) in [5, 5.41) is 21.2. The van der Waals surface area contributed by atoms with E-state index in [-0.39, 0.29) is 0 Å². The molecule has 38 heavy (non-hydrogen) atoms. The molecule has 6 heteroatoms. The lowest BCUT2D eigenvalue weighted by Gasteiger charge is -2.03. The van der Waals surface area contributed by atoms with Gasteiger partial charge in [-0.3, -0.25) is 0 Å². The van der Waals surface area contributed by atoms with Crippen molar-refractivity contribution in [3.8, 4) is 0 Å². The van der Waals surface area contributed by atoms with Gasteiger partial charge < -0.3 is 11.5 Å². The van der Waals surface area contributed by atoms with Crippen LogP contribution in [0.3, 0.4) is 0 Å². The molecule has 0 aliphatic heterocycles. The molecule has 0 heterocycles. The molecule has 6 rings (SSSR count). The van der Waals surface area contributed by atoms with Gasteiger partial charge in [-0.25, -0.2) is 0 Å². The van der Waals surface area contributed by atoms with Gasteiger partial charge in [-0.05, 0) is 48.5 Å². The second kappa shape index (κ2) is 11.6. The van der Waals surface area contributed by atoms with Gasteiger partial charge in [0.25, 0.3) is 0 Å². The summed E-state index contributed by atoms with van der Waals surface area (Å²) in [7, 11) is 0. The number of nitrogen functional groups attached to an aromatic ring is 2. The van der Waals surface area contributed by atoms with E-state index in [1.807, 2.05) is 133 Å². The first kappa shape index (κ1) is 24.3. The summed E-state index contributed by atoms with van der Waals surface area (Å²) in [4.78, 5) is 0. The average Bonchev–Trinajstić information content (AvgIpc) is 2.98. The van der Waals surface area contributed by atoms with Crippen LogP contribution < -0.4 is 11.5 Å². The molecule has 0 amide bonds. The normalized spacial score (nSPS) is 11.2. The molecule has 0 saturated carbocycles. The van der Waals surface area contributed by atoms with Crippen LogP contribution >= 0.6 is 0 Å². The minimum atomic E-state index is 0.759. The van der Waals surface area contributed by atoms with Crippen molar-refractivity contribution in [2.24, 2.45) is 20.5 Å². The molecular formula is C32H26N6. The SMILES string of the molecule is Nc1ccc(N=Nc2ccccc2)c2ccccc12.Nc1ccc(N=Nc2ccccc2)c2ccccc12. The number of rotatable bonds is 4. The van der Waals surface area contributed by atoms with E-state index in [1.54, 1.807) is 0 Å². The Kier molecular flexibility index (Phi) is 7.42. The van der Waals surface area contributed by atoms with E-state index in [4.69, 9.17) is 11.5 Å². The summed E-state index contributed by atoms with van der Waals surface area (Å²) in [5.41, 5.74) is 16.8. The van der Waals surface area contributed by atoms with Gasteiger partial charge in [0.2, 0.25) is 0 Å². The van der Waals surface area contributed by atoms with Gasteiger partial charge in [0.1, 0.15) is 0 Å². The first-order chi connectivity index (χ1) is 18.7. The summed E-state index contributed by atoms with van der Waals surface area (Å²) >= 11 is 0. The first-order valence-electron chi connectivity index (χ1n) is 12.2. The largest absolute Gasteiger partial charge is 0.398 e. The Hall–Kier alpha value is -5.36. The molecule has 6 nitrogen and oxygen atoms in total. The molecule has 0 saturated heterocycles. The van der Waals surface area contributed by atoms with Crippen LogP contribution in [0.1, 0.15) is 0 Å². The molecule has 0 bridgehead atoms. The number of azo groups is 2. The topological polar surface area (TPSA) is 101 Å². The minimum Gasteiger partial charge on any atom is -0.398 e. The molecule has 0 radical (unpaired) electrons. The maximum Gasteiger partial charge on any atom is 0.0936 e. The van der Waals surface area contributed by atoms with Gasteiger partial charge in [-0.2, -0.15) is 10.2 Å². The van der Waals surface area contributed by atoms with E-state index in [0.29, 0.717) is 0 Å². The molecule has 0 spiro atoms. The number of nitrogens with zero attached hydrogens (tertiary/aromatic N) is 4. The Morgan fingerprint density at radius 2 is 0.658 bits per heavy atom. The third kappa shape index (κ3) is 5.71. The fourth-order valence-corrected chi connectivity index (χ4v) is 4.00.